The molecule has 0 radical (unpaired) electrons. The minimum atomic E-state index is 0.748. The van der Waals surface area contributed by atoms with E-state index in [-0.39, 0.29) is 0 Å². The van der Waals surface area contributed by atoms with E-state index in [1.54, 1.807) is 0 Å². The van der Waals surface area contributed by atoms with Crippen LogP contribution in [0.3, 0.4) is 0 Å². The van der Waals surface area contributed by atoms with E-state index >= 15 is 0 Å². The maximum atomic E-state index is 6.61. The smallest absolute Gasteiger partial charge is 0.211 e. The molecule has 0 spiro atoms. The van der Waals surface area contributed by atoms with E-state index in [1.807, 2.05) is 30.3 Å². The lowest BCUT2D eigenvalue weighted by Crippen LogP contribution is -2.58. The van der Waals surface area contributed by atoms with Gasteiger partial charge in [-0.3, -0.25) is 0 Å². The summed E-state index contributed by atoms with van der Waals surface area (Å²) in [6.45, 7) is 0. The summed E-state index contributed by atoms with van der Waals surface area (Å²) in [5, 5.41) is 1.94. The molecule has 0 fully saturated rings. The molecular weight excluding hydrogens is 340 g/mol. The van der Waals surface area contributed by atoms with Crippen LogP contribution >= 0.6 is 11.6 Å². The van der Waals surface area contributed by atoms with E-state index in [4.69, 9.17) is 11.6 Å². The third-order valence-corrected chi connectivity index (χ3v) is 5.19. The molecule has 0 saturated carbocycles. The maximum absolute atomic E-state index is 6.61. The summed E-state index contributed by atoms with van der Waals surface area (Å²) in [7, 11) is 0. The van der Waals surface area contributed by atoms with E-state index in [0.717, 1.165) is 38.5 Å². The Morgan fingerprint density at radius 2 is 1.58 bits per heavy atom. The van der Waals surface area contributed by atoms with Crippen LogP contribution in [-0.2, 0) is 0 Å². The number of H-pyrrole nitrogens is 1. The van der Waals surface area contributed by atoms with Crippen LogP contribution in [0.1, 0.15) is 16.7 Å². The first-order valence-corrected chi connectivity index (χ1v) is 8.95. The molecule has 3 heteroatoms. The second kappa shape index (κ2) is 6.01. The number of hydrogen-bond donors (Lipinski definition) is 2. The third-order valence-electron chi connectivity index (χ3n) is 4.86. The Morgan fingerprint density at radius 3 is 2.50 bits per heavy atom. The van der Waals surface area contributed by atoms with Crippen LogP contribution in [0.5, 0.6) is 0 Å². The van der Waals surface area contributed by atoms with Crippen molar-refractivity contribution < 1.29 is 4.99 Å². The Morgan fingerprint density at radius 1 is 0.808 bits per heavy atom. The lowest BCUT2D eigenvalue weighted by atomic mass is 9.90. The highest BCUT2D eigenvalue weighted by Gasteiger charge is 2.25. The Balaban J connectivity index is 1.88. The summed E-state index contributed by atoms with van der Waals surface area (Å²) < 4.78 is 0. The van der Waals surface area contributed by atoms with Crippen molar-refractivity contribution in [2.75, 3.05) is 0 Å². The molecule has 2 nitrogen and oxygen atoms in total. The fraction of sp³-hybridized carbons (Fsp3) is 0. The van der Waals surface area contributed by atoms with Gasteiger partial charge in [-0.15, -0.1) is 0 Å². The van der Waals surface area contributed by atoms with Crippen LogP contribution in [0.25, 0.3) is 22.0 Å². The second-order valence-corrected chi connectivity index (χ2v) is 6.76. The van der Waals surface area contributed by atoms with E-state index in [9.17, 15) is 0 Å². The lowest BCUT2D eigenvalue weighted by molar-refractivity contribution is -0.342. The topological polar surface area (TPSA) is 29.8 Å². The van der Waals surface area contributed by atoms with Crippen LogP contribution in [-0.4, -0.2) is 11.2 Å². The van der Waals surface area contributed by atoms with Crippen molar-refractivity contribution >= 4 is 45.6 Å². The van der Waals surface area contributed by atoms with E-state index in [0.29, 0.717) is 0 Å². The zero-order valence-corrected chi connectivity index (χ0v) is 14.7. The highest BCUT2D eigenvalue weighted by Crippen LogP contribution is 2.39. The standard InChI is InChI=1S/C23H15ClN2/c24-20-10-4-1-9-17(20)23(18-13-25-21-11-5-2-7-15(18)21)19-14-26-22-12-6-3-8-16(19)22/h1-14,25H/p+1. The molecule has 124 valence electrons. The minimum Gasteiger partial charge on any atom is -0.361 e. The Kier molecular flexibility index (Phi) is 3.51. The molecule has 0 atom stereocenters. The van der Waals surface area contributed by atoms with Gasteiger partial charge in [0.2, 0.25) is 5.69 Å². The molecular formula is C23H16ClN2+. The highest BCUT2D eigenvalue weighted by molar-refractivity contribution is 6.34. The summed E-state index contributed by atoms with van der Waals surface area (Å²) in [5.74, 6) is 0. The molecule has 0 bridgehead atoms. The van der Waals surface area contributed by atoms with Gasteiger partial charge in [0, 0.05) is 44.9 Å². The molecule has 26 heavy (non-hydrogen) atoms. The molecule has 0 aliphatic carbocycles. The summed E-state index contributed by atoms with van der Waals surface area (Å²) in [4.78, 5) is 6.79. The van der Waals surface area contributed by atoms with Crippen molar-refractivity contribution in [2.24, 2.45) is 0 Å². The number of aromatic nitrogens is 1. The first-order valence-electron chi connectivity index (χ1n) is 8.58. The van der Waals surface area contributed by atoms with Gasteiger partial charge in [-0.25, -0.2) is 4.99 Å². The molecule has 1 aromatic heterocycles. The monoisotopic (exact) mass is 355 g/mol. The summed E-state index contributed by atoms with van der Waals surface area (Å²) in [6, 6.07) is 24.7. The van der Waals surface area contributed by atoms with Gasteiger partial charge in [0.25, 0.3) is 0 Å². The van der Waals surface area contributed by atoms with Crippen LogP contribution in [0.2, 0.25) is 5.02 Å². The first-order chi connectivity index (χ1) is 12.8. The quantitative estimate of drug-likeness (QED) is 0.527. The zero-order chi connectivity index (χ0) is 17.5. The molecule has 1 aliphatic rings. The molecule has 2 heterocycles. The van der Waals surface area contributed by atoms with Gasteiger partial charge in [0.15, 0.2) is 6.21 Å². The number of fused-ring (bicyclic) bond motifs is 2. The number of nitrogens with one attached hydrogen (secondary N) is 2. The fourth-order valence-corrected chi connectivity index (χ4v) is 3.89. The number of aromatic amines is 1. The van der Waals surface area contributed by atoms with Crippen LogP contribution in [0.4, 0.5) is 5.69 Å². The average molecular weight is 356 g/mol. The number of hydrogen-bond acceptors (Lipinski definition) is 0. The second-order valence-electron chi connectivity index (χ2n) is 6.35. The van der Waals surface area contributed by atoms with Crippen molar-refractivity contribution in [3.05, 3.63) is 101 Å². The number of allylic oxidation sites excluding steroid dienone is 1. The van der Waals surface area contributed by atoms with Gasteiger partial charge >= 0.3 is 0 Å². The van der Waals surface area contributed by atoms with Crippen molar-refractivity contribution in [3.63, 3.8) is 0 Å². The normalized spacial score (nSPS) is 14.7. The van der Waals surface area contributed by atoms with Gasteiger partial charge in [-0.05, 0) is 18.2 Å². The maximum Gasteiger partial charge on any atom is 0.211 e. The summed E-state index contributed by atoms with van der Waals surface area (Å²) in [5.41, 5.74) is 7.89. The van der Waals surface area contributed by atoms with E-state index in [2.05, 4.69) is 64.9 Å². The molecule has 0 amide bonds. The van der Waals surface area contributed by atoms with Gasteiger partial charge in [-0.1, -0.05) is 60.1 Å². The SMILES string of the molecule is Clc1ccccc1C(=C1C=[NH+]c2ccccc21)c1c[nH]c2ccccc12. The molecule has 4 aromatic rings. The Labute approximate surface area is 156 Å². The van der Waals surface area contributed by atoms with Crippen LogP contribution in [0.15, 0.2) is 79.0 Å². The molecule has 0 unspecified atom stereocenters. The van der Waals surface area contributed by atoms with Crippen molar-refractivity contribution in [1.82, 2.24) is 4.98 Å². The number of para-hydroxylation sites is 2. The third kappa shape index (κ3) is 2.31. The largest absolute Gasteiger partial charge is 0.361 e. The summed E-state index contributed by atoms with van der Waals surface area (Å²) >= 11 is 6.61. The molecule has 5 rings (SSSR count). The van der Waals surface area contributed by atoms with Gasteiger partial charge in [0.05, 0.1) is 11.1 Å². The number of rotatable bonds is 2. The van der Waals surface area contributed by atoms with Gasteiger partial charge < -0.3 is 4.98 Å². The first kappa shape index (κ1) is 15.2. The molecule has 1 aliphatic heterocycles. The summed E-state index contributed by atoms with van der Waals surface area (Å²) in [6.07, 6.45) is 4.15. The predicted octanol–water partition coefficient (Wildman–Crippen LogP) is 4.58. The predicted molar refractivity (Wildman–Crippen MR) is 109 cm³/mol. The number of halogens is 1. The Hall–Kier alpha value is -3.10. The van der Waals surface area contributed by atoms with Crippen molar-refractivity contribution in [2.45, 2.75) is 0 Å². The number of benzene rings is 3. The average Bonchev–Trinajstić information content (AvgIpc) is 3.29. The van der Waals surface area contributed by atoms with E-state index in [1.165, 1.54) is 10.9 Å². The fourth-order valence-electron chi connectivity index (χ4n) is 3.66. The minimum absolute atomic E-state index is 0.748. The Bertz CT molecular complexity index is 1200. The van der Waals surface area contributed by atoms with E-state index < -0.39 is 0 Å². The highest BCUT2D eigenvalue weighted by atomic mass is 35.5. The molecule has 0 saturated heterocycles. The molecule has 2 N–H and O–H groups in total. The van der Waals surface area contributed by atoms with Gasteiger partial charge in [-0.2, -0.15) is 0 Å². The zero-order valence-electron chi connectivity index (χ0n) is 14.0. The van der Waals surface area contributed by atoms with Crippen LogP contribution < -0.4 is 4.99 Å². The van der Waals surface area contributed by atoms with Crippen LogP contribution in [0, 0.1) is 0 Å². The van der Waals surface area contributed by atoms with Crippen molar-refractivity contribution in [1.29, 1.82) is 0 Å². The van der Waals surface area contributed by atoms with Gasteiger partial charge in [0.1, 0.15) is 0 Å². The lowest BCUT2D eigenvalue weighted by Gasteiger charge is -2.12. The molecule has 3 aromatic carbocycles. The van der Waals surface area contributed by atoms with Crippen molar-refractivity contribution in [3.8, 4) is 0 Å².